The maximum Gasteiger partial charge on any atom is 0.299 e. The average molecular weight is 645 g/mol. The number of hydrogen-bond donors (Lipinski definition) is 1. The van der Waals surface area contributed by atoms with E-state index in [9.17, 15) is 30.6 Å². The summed E-state index contributed by atoms with van der Waals surface area (Å²) in [7, 11) is -8.45. The second kappa shape index (κ2) is 10.5. The molecular formula is C25H24ClFN3O6S4+. The molecule has 1 fully saturated rings. The smallest absolute Gasteiger partial charge is 0.299 e. The lowest BCUT2D eigenvalue weighted by Gasteiger charge is -2.49. The van der Waals surface area contributed by atoms with Crippen LogP contribution in [0.2, 0.25) is 5.02 Å². The lowest BCUT2D eigenvalue weighted by Crippen LogP contribution is -2.66. The van der Waals surface area contributed by atoms with Crippen LogP contribution in [-0.2, 0) is 31.5 Å². The summed E-state index contributed by atoms with van der Waals surface area (Å²) in [5.74, 6) is -1.24. The normalized spacial score (nSPS) is 22.1. The Hall–Kier alpha value is -2.33. The third-order valence-corrected chi connectivity index (χ3v) is 11.3. The molecule has 2 aliphatic rings. The quantitative estimate of drug-likeness (QED) is 0.234. The predicted octanol–water partition coefficient (Wildman–Crippen LogP) is 4.08. The van der Waals surface area contributed by atoms with Crippen LogP contribution in [0.15, 0.2) is 58.0 Å². The van der Waals surface area contributed by atoms with Crippen molar-refractivity contribution in [3.05, 3.63) is 68.9 Å². The number of sulfonamides is 1. The van der Waals surface area contributed by atoms with Crippen LogP contribution < -0.4 is 13.8 Å². The van der Waals surface area contributed by atoms with E-state index in [0.717, 1.165) is 16.5 Å². The van der Waals surface area contributed by atoms with Crippen LogP contribution in [0.3, 0.4) is 0 Å². The first kappa shape index (κ1) is 29.2. The molecule has 15 heteroatoms. The van der Waals surface area contributed by atoms with E-state index in [1.54, 1.807) is 28.8 Å². The van der Waals surface area contributed by atoms with Crippen LogP contribution in [0.4, 0.5) is 10.1 Å². The van der Waals surface area contributed by atoms with E-state index in [1.807, 2.05) is 23.8 Å². The second-order valence-corrected chi connectivity index (χ2v) is 15.4. The molecule has 2 unspecified atom stereocenters. The highest BCUT2D eigenvalue weighted by molar-refractivity contribution is 8.03. The number of allylic oxidation sites excluding steroid dienone is 2. The zero-order valence-electron chi connectivity index (χ0n) is 21.3. The number of halogens is 2. The minimum absolute atomic E-state index is 0.164. The first-order valence-electron chi connectivity index (χ1n) is 12.1. The Balaban J connectivity index is 1.62. The molecule has 0 aliphatic carbocycles. The van der Waals surface area contributed by atoms with Crippen LogP contribution in [0, 0.1) is 5.82 Å². The lowest BCUT2D eigenvalue weighted by molar-refractivity contribution is -0.655. The van der Waals surface area contributed by atoms with Gasteiger partial charge in [0.05, 0.1) is 24.1 Å². The van der Waals surface area contributed by atoms with Gasteiger partial charge in [-0.05, 0) is 48.0 Å². The molecule has 3 aromatic rings. The van der Waals surface area contributed by atoms with E-state index in [1.165, 1.54) is 35.2 Å². The SMILES string of the molecule is CCC(=Cc1sc2ccc(Cl)cc2[n+]1CC(=O)NS(C)(=O)=O)C=C1Sc2ccc(F)cc2[N+]12CCC2S(=O)(=O)[O-]. The minimum Gasteiger partial charge on any atom is -0.743 e. The van der Waals surface area contributed by atoms with Gasteiger partial charge in [-0.3, -0.25) is 4.79 Å². The molecule has 1 spiro atoms. The van der Waals surface area contributed by atoms with E-state index in [2.05, 4.69) is 0 Å². The maximum atomic E-state index is 14.3. The van der Waals surface area contributed by atoms with Crippen LogP contribution >= 0.6 is 34.7 Å². The van der Waals surface area contributed by atoms with Gasteiger partial charge in [0.2, 0.25) is 22.1 Å². The van der Waals surface area contributed by atoms with Crippen molar-refractivity contribution in [2.45, 2.75) is 36.6 Å². The first-order chi connectivity index (χ1) is 18.7. The molecule has 1 aromatic heterocycles. The van der Waals surface area contributed by atoms with E-state index in [-0.39, 0.29) is 17.4 Å². The Bertz CT molecular complexity index is 1840. The fraction of sp³-hybridized carbons (Fsp3) is 0.280. The molecule has 0 radical (unpaired) electrons. The Morgan fingerprint density at radius 3 is 2.62 bits per heavy atom. The molecule has 40 heavy (non-hydrogen) atoms. The second-order valence-electron chi connectivity index (χ2n) is 9.53. The number of fused-ring (bicyclic) bond motifs is 3. The summed E-state index contributed by atoms with van der Waals surface area (Å²) in [5, 5.41) is 0.403. The van der Waals surface area contributed by atoms with E-state index in [4.69, 9.17) is 11.6 Å². The summed E-state index contributed by atoms with van der Waals surface area (Å²) in [6.45, 7) is 1.96. The number of benzene rings is 2. The molecule has 0 saturated carbocycles. The van der Waals surface area contributed by atoms with E-state index in [0.29, 0.717) is 44.1 Å². The molecule has 2 aromatic carbocycles. The number of carbonyl (C=O) groups excluding carboxylic acids is 1. The van der Waals surface area contributed by atoms with Crippen LogP contribution in [0.5, 0.6) is 0 Å². The highest BCUT2D eigenvalue weighted by Crippen LogP contribution is 2.58. The number of nitrogens with zero attached hydrogens (tertiary/aromatic N) is 2. The molecule has 212 valence electrons. The molecule has 5 rings (SSSR count). The highest BCUT2D eigenvalue weighted by Gasteiger charge is 2.59. The van der Waals surface area contributed by atoms with Crippen molar-refractivity contribution < 1.29 is 35.1 Å². The van der Waals surface area contributed by atoms with Gasteiger partial charge in [0.15, 0.2) is 26.2 Å². The number of hydrogen-bond acceptors (Lipinski definition) is 8. The lowest BCUT2D eigenvalue weighted by atomic mass is 10.1. The van der Waals surface area contributed by atoms with Gasteiger partial charge in [0.25, 0.3) is 10.9 Å². The van der Waals surface area contributed by atoms with Crippen LogP contribution in [-0.4, -0.2) is 45.5 Å². The largest absolute Gasteiger partial charge is 0.743 e. The van der Waals surface area contributed by atoms with Crippen LogP contribution in [0.25, 0.3) is 16.3 Å². The molecule has 1 N–H and O–H groups in total. The van der Waals surface area contributed by atoms with Crippen molar-refractivity contribution in [1.29, 1.82) is 0 Å². The summed E-state index contributed by atoms with van der Waals surface area (Å²) in [6, 6.07) is 9.38. The van der Waals surface area contributed by atoms with Crippen molar-refractivity contribution in [3.8, 4) is 0 Å². The monoisotopic (exact) mass is 644 g/mol. The number of thioether (sulfide) groups is 1. The average Bonchev–Trinajstić information content (AvgIpc) is 3.31. The highest BCUT2D eigenvalue weighted by atomic mass is 35.5. The predicted molar refractivity (Wildman–Crippen MR) is 153 cm³/mol. The zero-order valence-corrected chi connectivity index (χ0v) is 25.3. The topological polar surface area (TPSA) is 124 Å². The van der Waals surface area contributed by atoms with Gasteiger partial charge in [-0.2, -0.15) is 4.57 Å². The van der Waals surface area contributed by atoms with Gasteiger partial charge in [-0.25, -0.2) is 30.4 Å². The van der Waals surface area contributed by atoms with Crippen molar-refractivity contribution in [1.82, 2.24) is 9.21 Å². The molecule has 1 amide bonds. The van der Waals surface area contributed by atoms with E-state index < -0.39 is 37.2 Å². The number of rotatable bonds is 7. The minimum atomic E-state index is -4.69. The third-order valence-electron chi connectivity index (χ3n) is 6.83. The molecule has 1 saturated heterocycles. The number of carbonyl (C=O) groups is 1. The Labute approximate surface area is 244 Å². The molecular weight excluding hydrogens is 621 g/mol. The van der Waals surface area contributed by atoms with Gasteiger partial charge in [-0.1, -0.05) is 29.9 Å². The van der Waals surface area contributed by atoms with Crippen molar-refractivity contribution in [2.24, 2.45) is 0 Å². The molecule has 0 bridgehead atoms. The van der Waals surface area contributed by atoms with Gasteiger partial charge in [0.1, 0.15) is 10.5 Å². The Kier molecular flexibility index (Phi) is 7.66. The third kappa shape index (κ3) is 5.45. The number of thiazole rings is 1. The standard InChI is InChI=1S/C25H23ClFN3O6S4/c1-3-15(10-23-29(14-22(31)28-39(2,32)33)18-12-16(26)4-6-20(18)37-23)11-24-30(9-8-25(30)40(34,35)36)19-13-17(27)5-7-21(19)38-24/h4-7,10-13,25H,3,8-9,14H2,1-2H3/p+1. The summed E-state index contributed by atoms with van der Waals surface area (Å²) in [6.07, 6.45) is 5.22. The summed E-state index contributed by atoms with van der Waals surface area (Å²) < 4.78 is 78.4. The van der Waals surface area contributed by atoms with E-state index >= 15 is 0 Å². The number of quaternary nitrogens is 1. The number of amides is 1. The van der Waals surface area contributed by atoms with Gasteiger partial charge in [0, 0.05) is 29.3 Å². The first-order valence-corrected chi connectivity index (χ1v) is 17.4. The van der Waals surface area contributed by atoms with Crippen molar-refractivity contribution in [2.75, 3.05) is 12.8 Å². The fourth-order valence-electron chi connectivity index (χ4n) is 5.02. The summed E-state index contributed by atoms with van der Waals surface area (Å²) in [4.78, 5) is 13.2. The van der Waals surface area contributed by atoms with Gasteiger partial charge >= 0.3 is 0 Å². The van der Waals surface area contributed by atoms with Gasteiger partial charge in [-0.15, -0.1) is 0 Å². The Morgan fingerprint density at radius 1 is 1.25 bits per heavy atom. The molecule has 2 aliphatic heterocycles. The summed E-state index contributed by atoms with van der Waals surface area (Å²) in [5.41, 5.74) is 1.85. The maximum absolute atomic E-state index is 14.3. The molecule has 9 nitrogen and oxygen atoms in total. The van der Waals surface area contributed by atoms with Crippen LogP contribution in [0.1, 0.15) is 24.8 Å². The number of nitrogens with one attached hydrogen (secondary N) is 1. The fourth-order valence-corrected chi connectivity index (χ4v) is 9.40. The van der Waals surface area contributed by atoms with Crippen molar-refractivity contribution >= 4 is 82.7 Å². The van der Waals surface area contributed by atoms with Gasteiger partial charge < -0.3 is 4.55 Å². The number of aromatic nitrogens is 1. The molecule has 2 atom stereocenters. The van der Waals surface area contributed by atoms with Crippen molar-refractivity contribution in [3.63, 3.8) is 0 Å². The summed E-state index contributed by atoms with van der Waals surface area (Å²) >= 11 is 8.88. The molecule has 3 heterocycles. The zero-order chi connectivity index (χ0) is 29.0. The Morgan fingerprint density at radius 2 is 2.00 bits per heavy atom.